The normalized spacial score (nSPS) is 20.1. The molecule has 0 fully saturated rings. The van der Waals surface area contributed by atoms with Crippen LogP contribution in [0.3, 0.4) is 0 Å². The van der Waals surface area contributed by atoms with E-state index in [1.165, 1.54) is 26.0 Å². The first-order chi connectivity index (χ1) is 10.1. The molecule has 12 heteroatoms. The molecular weight excluding hydrogens is 390 g/mol. The van der Waals surface area contributed by atoms with Gasteiger partial charge in [0.05, 0.1) is 18.1 Å². The van der Waals surface area contributed by atoms with Crippen LogP contribution in [0, 0.1) is 0 Å². The minimum Gasteiger partial charge on any atom is -0.382 e. The fourth-order valence-electron chi connectivity index (χ4n) is 1.29. The van der Waals surface area contributed by atoms with E-state index in [9.17, 15) is 14.9 Å². The molecule has 0 heterocycles. The van der Waals surface area contributed by atoms with Crippen LogP contribution in [-0.4, -0.2) is 53.0 Å². The van der Waals surface area contributed by atoms with Gasteiger partial charge in [0.15, 0.2) is 0 Å². The summed E-state index contributed by atoms with van der Waals surface area (Å²) in [5.41, 5.74) is -0.551. The molecule has 22 heavy (non-hydrogen) atoms. The molecule has 0 rings (SSSR count). The molecule has 0 aliphatic heterocycles. The minimum absolute atomic E-state index is 0.280. The maximum atomic E-state index is 9.83. The van der Waals surface area contributed by atoms with Crippen molar-refractivity contribution in [2.75, 3.05) is 26.6 Å². The molecular formula is C10H24O7P2S3. The van der Waals surface area contributed by atoms with Crippen LogP contribution in [0.1, 0.15) is 26.2 Å². The zero-order valence-corrected chi connectivity index (χ0v) is 17.0. The van der Waals surface area contributed by atoms with E-state index in [0.29, 0.717) is 25.0 Å². The molecule has 0 bridgehead atoms. The van der Waals surface area contributed by atoms with Crippen LogP contribution >= 0.6 is 25.2 Å². The molecule has 0 aromatic rings. The average molecular weight is 414 g/mol. The summed E-state index contributed by atoms with van der Waals surface area (Å²) in [5, 5.41) is 9.83. The maximum Gasteiger partial charge on any atom is 0.324 e. The third kappa shape index (κ3) is 12.8. The van der Waals surface area contributed by atoms with Crippen molar-refractivity contribution in [1.29, 1.82) is 0 Å². The average Bonchev–Trinajstić information content (AvgIpc) is 2.44. The van der Waals surface area contributed by atoms with Gasteiger partial charge in [-0.25, -0.2) is 0 Å². The standard InChI is InChI=1S/C10H24O7P2S3/c1-9(17-19(13,21)15-3)5-6-10(11)22-8-4-7-16-18(12,20)14-2/h9-11H,4-8H2,1-3H3,(H,12,20)(H,13,21). The van der Waals surface area contributed by atoms with E-state index in [1.54, 1.807) is 6.92 Å². The van der Waals surface area contributed by atoms with Crippen molar-refractivity contribution in [2.45, 2.75) is 37.7 Å². The Labute approximate surface area is 146 Å². The largest absolute Gasteiger partial charge is 0.382 e. The van der Waals surface area contributed by atoms with Gasteiger partial charge in [0, 0.05) is 14.2 Å². The molecule has 134 valence electrons. The highest BCUT2D eigenvalue weighted by Crippen LogP contribution is 2.44. The van der Waals surface area contributed by atoms with Gasteiger partial charge in [0.1, 0.15) is 0 Å². The van der Waals surface area contributed by atoms with Gasteiger partial charge >= 0.3 is 13.4 Å². The molecule has 0 aliphatic carbocycles. The molecule has 0 aliphatic rings. The number of rotatable bonds is 13. The highest BCUT2D eigenvalue weighted by atomic mass is 32.5. The molecule has 4 unspecified atom stereocenters. The summed E-state index contributed by atoms with van der Waals surface area (Å²) in [6.07, 6.45) is 1.39. The fraction of sp³-hybridized carbons (Fsp3) is 1.00. The third-order valence-corrected chi connectivity index (χ3v) is 7.12. The molecule has 0 amide bonds. The van der Waals surface area contributed by atoms with Gasteiger partial charge in [-0.15, -0.1) is 11.8 Å². The van der Waals surface area contributed by atoms with E-state index in [2.05, 4.69) is 20.9 Å². The van der Waals surface area contributed by atoms with E-state index < -0.39 is 18.9 Å². The van der Waals surface area contributed by atoms with Gasteiger partial charge in [0.25, 0.3) is 0 Å². The topological polar surface area (TPSA) is 97.6 Å². The lowest BCUT2D eigenvalue weighted by Gasteiger charge is -2.20. The van der Waals surface area contributed by atoms with Crippen LogP contribution in [0.2, 0.25) is 0 Å². The predicted octanol–water partition coefficient (Wildman–Crippen LogP) is 2.36. The summed E-state index contributed by atoms with van der Waals surface area (Å²) >= 11 is 10.8. The van der Waals surface area contributed by atoms with Crippen LogP contribution in [0.25, 0.3) is 0 Å². The third-order valence-electron chi connectivity index (χ3n) is 2.45. The van der Waals surface area contributed by atoms with E-state index in [4.69, 9.17) is 20.9 Å². The van der Waals surface area contributed by atoms with Gasteiger partial charge in [-0.05, 0) is 55.6 Å². The summed E-state index contributed by atoms with van der Waals surface area (Å²) in [6, 6.07) is 0. The van der Waals surface area contributed by atoms with Gasteiger partial charge in [-0.2, -0.15) is 0 Å². The minimum atomic E-state index is -3.15. The van der Waals surface area contributed by atoms with Gasteiger partial charge in [-0.3, -0.25) is 0 Å². The summed E-state index contributed by atoms with van der Waals surface area (Å²) in [6.45, 7) is -4.19. The van der Waals surface area contributed by atoms with E-state index in [1.807, 2.05) is 0 Å². The van der Waals surface area contributed by atoms with Crippen molar-refractivity contribution in [1.82, 2.24) is 0 Å². The summed E-state index contributed by atoms with van der Waals surface area (Å²) in [5.74, 6) is 0.658. The Hall–Kier alpha value is 1.37. The second-order valence-electron chi connectivity index (χ2n) is 4.31. The van der Waals surface area contributed by atoms with Crippen molar-refractivity contribution < 1.29 is 33.0 Å². The van der Waals surface area contributed by atoms with E-state index in [-0.39, 0.29) is 12.7 Å². The number of aliphatic hydroxyl groups excluding tert-OH is 1. The van der Waals surface area contributed by atoms with E-state index in [0.717, 1.165) is 0 Å². The zero-order valence-electron chi connectivity index (χ0n) is 12.8. The van der Waals surface area contributed by atoms with Gasteiger partial charge in [0.2, 0.25) is 0 Å². The van der Waals surface area contributed by atoms with Crippen molar-refractivity contribution in [3.05, 3.63) is 0 Å². The van der Waals surface area contributed by atoms with Crippen molar-refractivity contribution in [3.63, 3.8) is 0 Å². The zero-order chi connectivity index (χ0) is 17.2. The number of hydrogen-bond acceptors (Lipinski definition) is 8. The van der Waals surface area contributed by atoms with Crippen molar-refractivity contribution >= 4 is 48.8 Å². The van der Waals surface area contributed by atoms with Crippen LogP contribution in [0.15, 0.2) is 0 Å². The van der Waals surface area contributed by atoms with Crippen molar-refractivity contribution in [3.8, 4) is 0 Å². The summed E-state index contributed by atoms with van der Waals surface area (Å²) < 4.78 is 19.5. The Morgan fingerprint density at radius 3 is 2.23 bits per heavy atom. The molecule has 0 radical (unpaired) electrons. The Morgan fingerprint density at radius 1 is 1.09 bits per heavy atom. The SMILES string of the molecule is COP(O)(=S)OCCCSC(O)CCC(C)OP(O)(=S)OC. The number of aliphatic hydroxyl groups is 1. The Balaban J connectivity index is 3.72. The lowest BCUT2D eigenvalue weighted by Crippen LogP contribution is -2.11. The fourth-order valence-corrected chi connectivity index (χ4v) is 3.93. The first kappa shape index (κ1) is 23.4. The Kier molecular flexibility index (Phi) is 12.6. The molecule has 4 atom stereocenters. The molecule has 0 saturated carbocycles. The summed E-state index contributed by atoms with van der Waals surface area (Å²) in [7, 11) is 2.61. The molecule has 0 aromatic heterocycles. The summed E-state index contributed by atoms with van der Waals surface area (Å²) in [4.78, 5) is 18.9. The Bertz CT molecular complexity index is 399. The second kappa shape index (κ2) is 11.8. The lowest BCUT2D eigenvalue weighted by molar-refractivity contribution is 0.146. The van der Waals surface area contributed by atoms with Gasteiger partial charge < -0.3 is 33.0 Å². The maximum absolute atomic E-state index is 9.83. The van der Waals surface area contributed by atoms with Crippen LogP contribution < -0.4 is 0 Å². The monoisotopic (exact) mass is 414 g/mol. The van der Waals surface area contributed by atoms with Crippen LogP contribution in [0.5, 0.6) is 0 Å². The lowest BCUT2D eigenvalue weighted by atomic mass is 10.2. The smallest absolute Gasteiger partial charge is 0.324 e. The number of thioether (sulfide) groups is 1. The highest BCUT2D eigenvalue weighted by molar-refractivity contribution is 8.07. The van der Waals surface area contributed by atoms with Gasteiger partial charge in [-0.1, -0.05) is 0 Å². The molecule has 7 nitrogen and oxygen atoms in total. The molecule has 3 N–H and O–H groups in total. The molecule has 0 spiro atoms. The first-order valence-electron chi connectivity index (χ1n) is 6.51. The van der Waals surface area contributed by atoms with Crippen LogP contribution in [-0.2, 0) is 41.7 Å². The quantitative estimate of drug-likeness (QED) is 0.237. The first-order valence-corrected chi connectivity index (χ1v) is 12.7. The van der Waals surface area contributed by atoms with Crippen molar-refractivity contribution in [2.24, 2.45) is 0 Å². The molecule has 0 aromatic carbocycles. The highest BCUT2D eigenvalue weighted by Gasteiger charge is 2.18. The molecule has 0 saturated heterocycles. The van der Waals surface area contributed by atoms with Crippen LogP contribution in [0.4, 0.5) is 0 Å². The Morgan fingerprint density at radius 2 is 1.68 bits per heavy atom. The van der Waals surface area contributed by atoms with E-state index >= 15 is 0 Å². The second-order valence-corrected chi connectivity index (χ2v) is 11.4. The number of hydrogen-bond donors (Lipinski definition) is 3. The predicted molar refractivity (Wildman–Crippen MR) is 95.8 cm³/mol.